The molecule has 3 aromatic rings. The van der Waals surface area contributed by atoms with Gasteiger partial charge in [0.2, 0.25) is 0 Å². The van der Waals surface area contributed by atoms with Gasteiger partial charge in [-0.1, -0.05) is 36.1 Å². The van der Waals surface area contributed by atoms with Gasteiger partial charge in [0, 0.05) is 37.8 Å². The Balaban J connectivity index is 1.38. The first-order valence-electron chi connectivity index (χ1n) is 11.5. The summed E-state index contributed by atoms with van der Waals surface area (Å²) < 4.78 is 7.55. The molecule has 35 heavy (non-hydrogen) atoms. The molecule has 2 aromatic carbocycles. The zero-order chi connectivity index (χ0) is 25.0. The molecule has 1 heterocycles. The minimum absolute atomic E-state index is 0.192. The highest BCUT2D eigenvalue weighted by atomic mass is 16.5. The second kappa shape index (κ2) is 10.3. The number of carbonyl (C=O) groups excluding carboxylic acids is 1. The molecule has 2 atom stereocenters. The second-order valence-corrected chi connectivity index (χ2v) is 8.70. The average molecular weight is 476 g/mol. The number of aromatic nitrogens is 2. The molecule has 4 rings (SSSR count). The van der Waals surface area contributed by atoms with Gasteiger partial charge in [0.15, 0.2) is 0 Å². The third-order valence-electron chi connectivity index (χ3n) is 6.12. The van der Waals surface area contributed by atoms with E-state index in [1.54, 1.807) is 23.9 Å². The second-order valence-electron chi connectivity index (χ2n) is 8.70. The number of hydrogen-bond acceptors (Lipinski definition) is 6. The van der Waals surface area contributed by atoms with Crippen molar-refractivity contribution in [3.05, 3.63) is 72.3 Å². The molecule has 0 bridgehead atoms. The van der Waals surface area contributed by atoms with Gasteiger partial charge in [-0.3, -0.25) is 4.79 Å². The van der Waals surface area contributed by atoms with Crippen LogP contribution in [0.1, 0.15) is 43.3 Å². The van der Waals surface area contributed by atoms with Gasteiger partial charge in [-0.05, 0) is 42.3 Å². The number of rotatable bonds is 7. The minimum atomic E-state index is -1.33. The molecule has 1 fully saturated rings. The van der Waals surface area contributed by atoms with Crippen molar-refractivity contribution in [3.63, 3.8) is 0 Å². The zero-order valence-electron chi connectivity index (χ0n) is 19.7. The number of carbonyl (C=O) groups is 1. The molecule has 4 N–H and O–H groups in total. The number of aliphatic hydroxyl groups is 3. The summed E-state index contributed by atoms with van der Waals surface area (Å²) in [7, 11) is 1.51. The predicted octanol–water partition coefficient (Wildman–Crippen LogP) is 2.21. The first kappa shape index (κ1) is 24.5. The van der Waals surface area contributed by atoms with Gasteiger partial charge in [-0.15, -0.1) is 0 Å². The Bertz CT molecular complexity index is 1220. The molecular formula is C27H29N3O5. The number of benzene rings is 2. The molecular weight excluding hydrogens is 446 g/mol. The Kier molecular flexibility index (Phi) is 7.22. The summed E-state index contributed by atoms with van der Waals surface area (Å²) in [5.74, 6) is 6.90. The van der Waals surface area contributed by atoms with E-state index in [2.05, 4.69) is 22.1 Å². The number of imidazole rings is 1. The van der Waals surface area contributed by atoms with Crippen LogP contribution in [0.15, 0.2) is 60.9 Å². The van der Waals surface area contributed by atoms with Crippen LogP contribution >= 0.6 is 0 Å². The van der Waals surface area contributed by atoms with Gasteiger partial charge in [-0.25, -0.2) is 4.98 Å². The summed E-state index contributed by atoms with van der Waals surface area (Å²) in [4.78, 5) is 15.8. The highest BCUT2D eigenvalue weighted by Gasteiger charge is 2.49. The molecule has 0 aliphatic heterocycles. The molecule has 1 saturated carbocycles. The average Bonchev–Trinajstić information content (AvgIpc) is 3.34. The van der Waals surface area contributed by atoms with Crippen LogP contribution < -0.4 is 10.1 Å². The Hall–Kier alpha value is -3.64. The molecule has 0 radical (unpaired) electrons. The number of amides is 1. The van der Waals surface area contributed by atoms with E-state index in [0.29, 0.717) is 11.6 Å². The smallest absolute Gasteiger partial charge is 0.252 e. The third kappa shape index (κ3) is 5.38. The molecule has 8 nitrogen and oxygen atoms in total. The summed E-state index contributed by atoms with van der Waals surface area (Å²) in [5.41, 5.74) is 1.50. The Morgan fingerprint density at radius 2 is 1.83 bits per heavy atom. The molecule has 0 unspecified atom stereocenters. The SMILES string of the molecule is CNC(=O)C1(O)CC(Oc2ccc(-c3ccc(C#C[C@@H](CO)n4ccnc4[C@H](C)O)cc3)cc2)C1. The molecule has 1 aromatic heterocycles. The molecule has 0 saturated heterocycles. The summed E-state index contributed by atoms with van der Waals surface area (Å²) in [6.07, 6.45) is 2.87. The van der Waals surface area contributed by atoms with Crippen molar-refractivity contribution < 1.29 is 24.9 Å². The van der Waals surface area contributed by atoms with Crippen LogP contribution in [-0.2, 0) is 4.79 Å². The minimum Gasteiger partial charge on any atom is -0.490 e. The van der Waals surface area contributed by atoms with E-state index < -0.39 is 17.7 Å². The maximum absolute atomic E-state index is 11.7. The first-order chi connectivity index (χ1) is 16.8. The van der Waals surface area contributed by atoms with Gasteiger partial charge >= 0.3 is 0 Å². The number of ether oxygens (including phenoxy) is 1. The summed E-state index contributed by atoms with van der Waals surface area (Å²) in [6.45, 7) is 1.43. The van der Waals surface area contributed by atoms with Gasteiger partial charge in [-0.2, -0.15) is 0 Å². The van der Waals surface area contributed by atoms with Crippen LogP contribution in [0.4, 0.5) is 0 Å². The fraction of sp³-hybridized carbons (Fsp3) is 0.333. The Labute approximate surface area is 204 Å². The lowest BCUT2D eigenvalue weighted by atomic mass is 9.76. The lowest BCUT2D eigenvalue weighted by Gasteiger charge is -2.41. The Morgan fingerprint density at radius 3 is 2.40 bits per heavy atom. The molecule has 1 amide bonds. The summed E-state index contributed by atoms with van der Waals surface area (Å²) in [6, 6.07) is 14.9. The van der Waals surface area contributed by atoms with Crippen molar-refractivity contribution in [2.24, 2.45) is 0 Å². The number of hydrogen-bond donors (Lipinski definition) is 4. The molecule has 1 aliphatic carbocycles. The maximum Gasteiger partial charge on any atom is 0.252 e. The highest BCUT2D eigenvalue weighted by Crippen LogP contribution is 2.36. The van der Waals surface area contributed by atoms with Crippen LogP contribution in [0.5, 0.6) is 5.75 Å². The van der Waals surface area contributed by atoms with Crippen molar-refractivity contribution in [1.82, 2.24) is 14.9 Å². The Morgan fingerprint density at radius 1 is 1.20 bits per heavy atom. The standard InChI is InChI=1S/C27H29N3O5/c1-18(32)25-29-13-14-30(25)22(17-31)10-5-19-3-6-20(7-4-19)21-8-11-23(12-9-21)35-24-15-27(34,16-24)26(33)28-2/h3-4,6-9,11-14,18,22,24,31-32,34H,15-17H2,1-2H3,(H,28,33)/t18-,22-,24?,27?/m0/s1. The zero-order valence-corrected chi connectivity index (χ0v) is 19.7. The van der Waals surface area contributed by atoms with Crippen LogP contribution in [-0.4, -0.2) is 56.1 Å². The van der Waals surface area contributed by atoms with E-state index in [1.165, 1.54) is 7.05 Å². The van der Waals surface area contributed by atoms with Gasteiger partial charge in [0.25, 0.3) is 5.91 Å². The van der Waals surface area contributed by atoms with Gasteiger partial charge in [0.1, 0.15) is 35.4 Å². The number of nitrogens with one attached hydrogen (secondary N) is 1. The van der Waals surface area contributed by atoms with E-state index in [-0.39, 0.29) is 31.5 Å². The van der Waals surface area contributed by atoms with Crippen LogP contribution in [0.3, 0.4) is 0 Å². The number of nitrogens with zero attached hydrogens (tertiary/aromatic N) is 2. The van der Waals surface area contributed by atoms with Crippen molar-refractivity contribution >= 4 is 5.91 Å². The van der Waals surface area contributed by atoms with Gasteiger partial charge < -0.3 is 29.9 Å². The third-order valence-corrected chi connectivity index (χ3v) is 6.12. The van der Waals surface area contributed by atoms with Gasteiger partial charge in [0.05, 0.1) is 6.61 Å². The lowest BCUT2D eigenvalue weighted by Crippen LogP contribution is -2.58. The number of aliphatic hydroxyl groups excluding tert-OH is 2. The van der Waals surface area contributed by atoms with Crippen LogP contribution in [0.25, 0.3) is 11.1 Å². The predicted molar refractivity (Wildman–Crippen MR) is 130 cm³/mol. The highest BCUT2D eigenvalue weighted by molar-refractivity contribution is 5.85. The normalized spacial score (nSPS) is 20.7. The monoisotopic (exact) mass is 475 g/mol. The molecule has 182 valence electrons. The lowest BCUT2D eigenvalue weighted by molar-refractivity contribution is -0.160. The largest absolute Gasteiger partial charge is 0.490 e. The summed E-state index contributed by atoms with van der Waals surface area (Å²) in [5, 5.41) is 32.3. The number of likely N-dealkylation sites (N-methyl/N-ethyl adjacent to an activating group) is 1. The quantitative estimate of drug-likeness (QED) is 0.390. The van der Waals surface area contributed by atoms with Crippen molar-refractivity contribution in [1.29, 1.82) is 0 Å². The van der Waals surface area contributed by atoms with E-state index in [0.717, 1.165) is 16.7 Å². The van der Waals surface area contributed by atoms with E-state index in [1.807, 2.05) is 48.5 Å². The fourth-order valence-corrected chi connectivity index (χ4v) is 4.14. The fourth-order valence-electron chi connectivity index (χ4n) is 4.14. The van der Waals surface area contributed by atoms with Crippen molar-refractivity contribution in [2.45, 2.75) is 43.6 Å². The van der Waals surface area contributed by atoms with E-state index >= 15 is 0 Å². The molecule has 8 heteroatoms. The molecule has 1 aliphatic rings. The van der Waals surface area contributed by atoms with Crippen molar-refractivity contribution in [3.8, 4) is 28.7 Å². The summed E-state index contributed by atoms with van der Waals surface area (Å²) >= 11 is 0. The first-order valence-corrected chi connectivity index (χ1v) is 11.5. The molecule has 0 spiro atoms. The van der Waals surface area contributed by atoms with E-state index in [9.17, 15) is 20.1 Å². The van der Waals surface area contributed by atoms with Crippen LogP contribution in [0.2, 0.25) is 0 Å². The topological polar surface area (TPSA) is 117 Å². The maximum atomic E-state index is 11.7. The van der Waals surface area contributed by atoms with Crippen LogP contribution in [0, 0.1) is 11.8 Å². The van der Waals surface area contributed by atoms with Crippen molar-refractivity contribution in [2.75, 3.05) is 13.7 Å². The van der Waals surface area contributed by atoms with E-state index in [4.69, 9.17) is 4.74 Å².